The van der Waals surface area contributed by atoms with E-state index in [4.69, 9.17) is 4.74 Å². The van der Waals surface area contributed by atoms with Crippen molar-refractivity contribution >= 4 is 27.5 Å². The van der Waals surface area contributed by atoms with Crippen LogP contribution in [0.3, 0.4) is 0 Å². The standard InChI is InChI=1S/C17H14F2N2O2S/c1-3-23-12-6-4-10(5-7-12)16(22)20-17-21(2)15-13(19)8-11(18)9-14(15)24-17/h4-9H,3H2,1-2H3. The molecule has 0 fully saturated rings. The summed E-state index contributed by atoms with van der Waals surface area (Å²) in [4.78, 5) is 16.6. The molecule has 0 saturated heterocycles. The van der Waals surface area contributed by atoms with Crippen molar-refractivity contribution in [3.8, 4) is 5.75 Å². The third-order valence-electron chi connectivity index (χ3n) is 3.43. The van der Waals surface area contributed by atoms with Crippen LogP contribution in [0.4, 0.5) is 8.78 Å². The Labute approximate surface area is 140 Å². The number of hydrogen-bond acceptors (Lipinski definition) is 3. The predicted molar refractivity (Wildman–Crippen MR) is 88.2 cm³/mol. The second-order valence-corrected chi connectivity index (χ2v) is 6.06. The van der Waals surface area contributed by atoms with Gasteiger partial charge in [0.05, 0.1) is 16.8 Å². The smallest absolute Gasteiger partial charge is 0.279 e. The van der Waals surface area contributed by atoms with E-state index >= 15 is 0 Å². The number of fused-ring (bicyclic) bond motifs is 1. The highest BCUT2D eigenvalue weighted by atomic mass is 32.1. The van der Waals surface area contributed by atoms with Crippen molar-refractivity contribution in [2.45, 2.75) is 6.92 Å². The van der Waals surface area contributed by atoms with Gasteiger partial charge in [0.15, 0.2) is 10.6 Å². The van der Waals surface area contributed by atoms with Crippen LogP contribution < -0.4 is 9.54 Å². The number of benzene rings is 2. The molecule has 4 nitrogen and oxygen atoms in total. The SMILES string of the molecule is CCOc1ccc(C(=O)N=c2sc3cc(F)cc(F)c3n2C)cc1. The molecule has 0 saturated carbocycles. The van der Waals surface area contributed by atoms with Crippen LogP contribution in [0.5, 0.6) is 5.75 Å². The number of carbonyl (C=O) groups is 1. The first kappa shape index (κ1) is 16.3. The van der Waals surface area contributed by atoms with Crippen LogP contribution in [0.2, 0.25) is 0 Å². The Hall–Kier alpha value is -2.54. The lowest BCUT2D eigenvalue weighted by Gasteiger charge is -2.02. The molecule has 1 amide bonds. The number of aromatic nitrogens is 1. The minimum Gasteiger partial charge on any atom is -0.494 e. The van der Waals surface area contributed by atoms with Crippen LogP contribution >= 0.6 is 11.3 Å². The molecule has 0 atom stereocenters. The molecular formula is C17H14F2N2O2S. The van der Waals surface area contributed by atoms with Crippen LogP contribution in [-0.2, 0) is 7.05 Å². The molecule has 0 N–H and O–H groups in total. The topological polar surface area (TPSA) is 43.6 Å². The molecule has 24 heavy (non-hydrogen) atoms. The molecule has 0 bridgehead atoms. The van der Waals surface area contributed by atoms with E-state index < -0.39 is 17.5 Å². The van der Waals surface area contributed by atoms with Crippen molar-refractivity contribution in [3.05, 3.63) is 58.4 Å². The van der Waals surface area contributed by atoms with Gasteiger partial charge in [-0.05, 0) is 37.3 Å². The molecule has 0 aliphatic heterocycles. The highest BCUT2D eigenvalue weighted by Gasteiger charge is 2.12. The molecule has 124 valence electrons. The van der Waals surface area contributed by atoms with Gasteiger partial charge in [0.25, 0.3) is 5.91 Å². The average molecular weight is 348 g/mol. The van der Waals surface area contributed by atoms with Gasteiger partial charge in [0, 0.05) is 18.7 Å². The zero-order chi connectivity index (χ0) is 17.3. The number of thiazole rings is 1. The number of halogens is 2. The number of ether oxygens (including phenoxy) is 1. The van der Waals surface area contributed by atoms with Crippen molar-refractivity contribution in [2.75, 3.05) is 6.61 Å². The van der Waals surface area contributed by atoms with E-state index in [0.29, 0.717) is 27.4 Å². The lowest BCUT2D eigenvalue weighted by atomic mass is 10.2. The summed E-state index contributed by atoms with van der Waals surface area (Å²) in [5, 5.41) is 0. The van der Waals surface area contributed by atoms with Crippen molar-refractivity contribution in [2.24, 2.45) is 12.0 Å². The first-order valence-corrected chi connectivity index (χ1v) is 8.07. The molecule has 3 aromatic rings. The zero-order valence-electron chi connectivity index (χ0n) is 13.0. The molecule has 0 radical (unpaired) electrons. The van der Waals surface area contributed by atoms with Gasteiger partial charge in [0.2, 0.25) is 0 Å². The lowest BCUT2D eigenvalue weighted by molar-refractivity contribution is 0.0998. The summed E-state index contributed by atoms with van der Waals surface area (Å²) in [7, 11) is 1.59. The van der Waals surface area contributed by atoms with Crippen molar-refractivity contribution in [1.82, 2.24) is 4.57 Å². The third-order valence-corrected chi connectivity index (χ3v) is 4.51. The van der Waals surface area contributed by atoms with E-state index in [0.717, 1.165) is 17.4 Å². The van der Waals surface area contributed by atoms with E-state index in [1.807, 2.05) is 6.92 Å². The van der Waals surface area contributed by atoms with Gasteiger partial charge in [-0.3, -0.25) is 4.79 Å². The molecule has 0 spiro atoms. The van der Waals surface area contributed by atoms with Crippen molar-refractivity contribution < 1.29 is 18.3 Å². The highest BCUT2D eigenvalue weighted by molar-refractivity contribution is 7.16. The minimum absolute atomic E-state index is 0.222. The van der Waals surface area contributed by atoms with E-state index in [2.05, 4.69) is 4.99 Å². The summed E-state index contributed by atoms with van der Waals surface area (Å²) in [6, 6.07) is 8.64. The van der Waals surface area contributed by atoms with Crippen LogP contribution in [0.15, 0.2) is 41.4 Å². The Morgan fingerprint density at radius 3 is 2.62 bits per heavy atom. The second kappa shape index (κ2) is 6.52. The Balaban J connectivity index is 2.01. The first-order chi connectivity index (χ1) is 11.5. The minimum atomic E-state index is -0.682. The molecule has 1 heterocycles. The van der Waals surface area contributed by atoms with E-state index in [9.17, 15) is 13.6 Å². The summed E-state index contributed by atoms with van der Waals surface area (Å²) < 4.78 is 34.4. The van der Waals surface area contributed by atoms with E-state index in [1.54, 1.807) is 31.3 Å². The van der Waals surface area contributed by atoms with Gasteiger partial charge in [-0.2, -0.15) is 4.99 Å². The summed E-state index contributed by atoms with van der Waals surface area (Å²) >= 11 is 1.06. The summed E-state index contributed by atoms with van der Waals surface area (Å²) in [5.74, 6) is -1.13. The maximum Gasteiger partial charge on any atom is 0.279 e. The molecule has 0 unspecified atom stereocenters. The van der Waals surface area contributed by atoms with Crippen molar-refractivity contribution in [1.29, 1.82) is 0 Å². The molecule has 3 rings (SSSR count). The number of amides is 1. The lowest BCUT2D eigenvalue weighted by Crippen LogP contribution is -2.13. The molecule has 0 aliphatic rings. The van der Waals surface area contributed by atoms with Gasteiger partial charge in [-0.25, -0.2) is 8.78 Å². The Bertz CT molecular complexity index is 975. The Kier molecular flexibility index (Phi) is 4.44. The fourth-order valence-electron chi connectivity index (χ4n) is 2.32. The predicted octanol–water partition coefficient (Wildman–Crippen LogP) is 3.66. The summed E-state index contributed by atoms with van der Waals surface area (Å²) in [5.41, 5.74) is 0.613. The van der Waals surface area contributed by atoms with Gasteiger partial charge < -0.3 is 9.30 Å². The Morgan fingerprint density at radius 2 is 1.96 bits per heavy atom. The fourth-order valence-corrected chi connectivity index (χ4v) is 3.37. The molecule has 0 aliphatic carbocycles. The van der Waals surface area contributed by atoms with Gasteiger partial charge in [0.1, 0.15) is 11.6 Å². The maximum atomic E-state index is 13.9. The van der Waals surface area contributed by atoms with Gasteiger partial charge in [-0.15, -0.1) is 0 Å². The Morgan fingerprint density at radius 1 is 1.25 bits per heavy atom. The maximum absolute atomic E-state index is 13.9. The molecule has 1 aromatic heterocycles. The van der Waals surface area contributed by atoms with Gasteiger partial charge in [-0.1, -0.05) is 11.3 Å². The molecule has 2 aromatic carbocycles. The first-order valence-electron chi connectivity index (χ1n) is 7.26. The number of nitrogens with zero attached hydrogens (tertiary/aromatic N) is 2. The molecule has 7 heteroatoms. The number of hydrogen-bond donors (Lipinski definition) is 0. The normalized spacial score (nSPS) is 11.9. The van der Waals surface area contributed by atoms with Crippen LogP contribution in [0, 0.1) is 11.6 Å². The fraction of sp³-hybridized carbons (Fsp3) is 0.176. The zero-order valence-corrected chi connectivity index (χ0v) is 13.9. The van der Waals surface area contributed by atoms with Crippen LogP contribution in [-0.4, -0.2) is 17.1 Å². The van der Waals surface area contributed by atoms with E-state index in [1.165, 1.54) is 10.6 Å². The average Bonchev–Trinajstić information content (AvgIpc) is 2.84. The van der Waals surface area contributed by atoms with Crippen LogP contribution in [0.25, 0.3) is 10.2 Å². The number of aryl methyl sites for hydroxylation is 1. The largest absolute Gasteiger partial charge is 0.494 e. The number of rotatable bonds is 3. The third kappa shape index (κ3) is 3.07. The number of carbonyl (C=O) groups excluding carboxylic acids is 1. The quantitative estimate of drug-likeness (QED) is 0.725. The van der Waals surface area contributed by atoms with E-state index in [-0.39, 0.29) is 5.52 Å². The van der Waals surface area contributed by atoms with Crippen LogP contribution in [0.1, 0.15) is 17.3 Å². The summed E-state index contributed by atoms with van der Waals surface area (Å²) in [6.45, 7) is 2.41. The van der Waals surface area contributed by atoms with Crippen molar-refractivity contribution in [3.63, 3.8) is 0 Å². The van der Waals surface area contributed by atoms with Gasteiger partial charge >= 0.3 is 0 Å². The monoisotopic (exact) mass is 348 g/mol. The molecular weight excluding hydrogens is 334 g/mol. The highest BCUT2D eigenvalue weighted by Crippen LogP contribution is 2.21. The summed E-state index contributed by atoms with van der Waals surface area (Å²) in [6.07, 6.45) is 0. The second-order valence-electron chi connectivity index (χ2n) is 5.05.